The molecule has 0 bridgehead atoms. The number of hydrogen-bond acceptors (Lipinski definition) is 5. The van der Waals surface area contributed by atoms with Gasteiger partial charge in [0.2, 0.25) is 0 Å². The fraction of sp³-hybridized carbons (Fsp3) is 0.792. The second kappa shape index (κ2) is 6.18. The molecule has 0 N–H and O–H groups in total. The van der Waals surface area contributed by atoms with Crippen molar-refractivity contribution in [2.45, 2.75) is 77.2 Å². The minimum absolute atomic E-state index is 0.00741. The van der Waals surface area contributed by atoms with Gasteiger partial charge in [-0.3, -0.25) is 14.4 Å². The van der Waals surface area contributed by atoms with E-state index in [1.54, 1.807) is 0 Å². The molecule has 1 heterocycles. The van der Waals surface area contributed by atoms with Crippen molar-refractivity contribution < 1.29 is 23.9 Å². The molecule has 4 fully saturated rings. The van der Waals surface area contributed by atoms with Crippen LogP contribution < -0.4 is 0 Å². The van der Waals surface area contributed by atoms with E-state index in [0.29, 0.717) is 31.1 Å². The highest BCUT2D eigenvalue weighted by Crippen LogP contribution is 2.70. The van der Waals surface area contributed by atoms with Gasteiger partial charge in [0.1, 0.15) is 5.60 Å². The quantitative estimate of drug-likeness (QED) is 0.623. The monoisotopic (exact) mass is 400 g/mol. The molecule has 158 valence electrons. The number of carbonyl (C=O) groups excluding carboxylic acids is 3. The van der Waals surface area contributed by atoms with Gasteiger partial charge in [-0.25, -0.2) is 0 Å². The van der Waals surface area contributed by atoms with E-state index in [0.717, 1.165) is 44.1 Å². The van der Waals surface area contributed by atoms with Gasteiger partial charge in [0.15, 0.2) is 5.78 Å². The van der Waals surface area contributed by atoms with Crippen LogP contribution in [0.25, 0.3) is 0 Å². The summed E-state index contributed by atoms with van der Waals surface area (Å²) < 4.78 is 11.3. The van der Waals surface area contributed by atoms with Crippen LogP contribution >= 0.6 is 0 Å². The van der Waals surface area contributed by atoms with Gasteiger partial charge in [0, 0.05) is 18.3 Å². The number of carbonyl (C=O) groups is 3. The first-order valence-electron chi connectivity index (χ1n) is 11.3. The van der Waals surface area contributed by atoms with Gasteiger partial charge in [-0.2, -0.15) is 0 Å². The van der Waals surface area contributed by atoms with Gasteiger partial charge in [0.25, 0.3) is 0 Å². The summed E-state index contributed by atoms with van der Waals surface area (Å²) in [6.07, 6.45) is 9.25. The minimum atomic E-state index is -0.347. The number of esters is 2. The van der Waals surface area contributed by atoms with Crippen molar-refractivity contribution >= 4 is 17.7 Å². The normalized spacial score (nSPS) is 48.4. The largest absolute Gasteiger partial charge is 0.469 e. The molecule has 4 aliphatic carbocycles. The lowest BCUT2D eigenvalue weighted by atomic mass is 9.44. The lowest BCUT2D eigenvalue weighted by Crippen LogP contribution is -2.58. The Morgan fingerprint density at radius 2 is 1.83 bits per heavy atom. The minimum Gasteiger partial charge on any atom is -0.469 e. The van der Waals surface area contributed by atoms with Crippen molar-refractivity contribution in [2.75, 3.05) is 7.11 Å². The molecular weight excluding hydrogens is 368 g/mol. The average molecular weight is 401 g/mol. The summed E-state index contributed by atoms with van der Waals surface area (Å²) in [6.45, 7) is 4.63. The van der Waals surface area contributed by atoms with E-state index in [1.165, 1.54) is 7.11 Å². The zero-order valence-corrected chi connectivity index (χ0v) is 17.8. The highest BCUT2D eigenvalue weighted by atomic mass is 16.6. The van der Waals surface area contributed by atoms with E-state index in [1.807, 2.05) is 6.08 Å². The smallest absolute Gasteiger partial charge is 0.309 e. The molecule has 1 aliphatic heterocycles. The lowest BCUT2D eigenvalue weighted by molar-refractivity contribution is -0.177. The number of hydrogen-bond donors (Lipinski definition) is 0. The Bertz CT molecular complexity index is 814. The van der Waals surface area contributed by atoms with Crippen LogP contribution in [0.4, 0.5) is 0 Å². The predicted octanol–water partition coefficient (Wildman–Crippen LogP) is 3.99. The fourth-order valence-corrected chi connectivity index (χ4v) is 8.25. The van der Waals surface area contributed by atoms with Crippen molar-refractivity contribution in [3.8, 4) is 0 Å². The summed E-state index contributed by atoms with van der Waals surface area (Å²) in [5.74, 6) is 0.747. The van der Waals surface area contributed by atoms with Crippen LogP contribution in [0.3, 0.4) is 0 Å². The van der Waals surface area contributed by atoms with E-state index in [-0.39, 0.29) is 46.0 Å². The van der Waals surface area contributed by atoms with Crippen LogP contribution in [0.15, 0.2) is 11.6 Å². The van der Waals surface area contributed by atoms with Crippen molar-refractivity contribution in [1.82, 2.24) is 0 Å². The molecule has 29 heavy (non-hydrogen) atoms. The third-order valence-electron chi connectivity index (χ3n) is 9.85. The number of rotatable bonds is 1. The average Bonchev–Trinajstić information content (AvgIpc) is 3.22. The first-order valence-corrected chi connectivity index (χ1v) is 11.3. The van der Waals surface area contributed by atoms with E-state index >= 15 is 0 Å². The summed E-state index contributed by atoms with van der Waals surface area (Å²) >= 11 is 0. The third kappa shape index (κ3) is 2.42. The Balaban J connectivity index is 1.58. The van der Waals surface area contributed by atoms with Crippen molar-refractivity contribution in [1.29, 1.82) is 0 Å². The van der Waals surface area contributed by atoms with E-state index in [9.17, 15) is 14.4 Å². The van der Waals surface area contributed by atoms with Gasteiger partial charge < -0.3 is 9.47 Å². The first kappa shape index (κ1) is 19.3. The Labute approximate surface area is 172 Å². The number of ketones is 1. The lowest BCUT2D eigenvalue weighted by Gasteiger charge is -2.60. The SMILES string of the molecule is COC(=O)[C@@H]1CC2=CC(=O)CC[C@]2(C)[C@H]2CC[C@@]3(C)[C@@H](CC[C@@]34CCC(=O)O4)[C@H]12. The summed E-state index contributed by atoms with van der Waals surface area (Å²) in [6, 6.07) is 0. The Morgan fingerprint density at radius 3 is 2.52 bits per heavy atom. The van der Waals surface area contributed by atoms with Gasteiger partial charge in [-0.15, -0.1) is 0 Å². The second-order valence-electron chi connectivity index (χ2n) is 10.6. The number of allylic oxidation sites excluding steroid dienone is 1. The molecule has 5 aliphatic rings. The van der Waals surface area contributed by atoms with E-state index in [2.05, 4.69) is 13.8 Å². The molecule has 0 radical (unpaired) electrons. The molecule has 0 aromatic rings. The number of fused-ring (bicyclic) bond motifs is 6. The van der Waals surface area contributed by atoms with E-state index in [4.69, 9.17) is 9.47 Å². The maximum absolute atomic E-state index is 12.9. The van der Waals surface area contributed by atoms with Crippen LogP contribution in [0, 0.1) is 34.5 Å². The predicted molar refractivity (Wildman–Crippen MR) is 106 cm³/mol. The highest BCUT2D eigenvalue weighted by molar-refractivity contribution is 5.92. The Hall–Kier alpha value is -1.65. The second-order valence-corrected chi connectivity index (χ2v) is 10.6. The Kier molecular flexibility index (Phi) is 4.12. The van der Waals surface area contributed by atoms with Crippen LogP contribution in [0.1, 0.15) is 71.6 Å². The maximum Gasteiger partial charge on any atom is 0.309 e. The summed E-state index contributed by atoms with van der Waals surface area (Å²) in [5.41, 5.74) is 0.732. The standard InChI is InChI=1S/C24H32O5/c1-22-8-4-15(25)12-14(22)13-16(21(27)28-3)20-17(22)5-9-23(2)18(20)6-10-24(23)11-7-19(26)29-24/h12,16-18,20H,4-11,13H2,1-3H3/t16-,17+,18+,20-,22+,23+,24-/m1/s1. The summed E-state index contributed by atoms with van der Waals surface area (Å²) in [7, 11) is 1.47. The number of methoxy groups -OCH3 is 1. The molecular formula is C24H32O5. The number of ether oxygens (including phenoxy) is 2. The molecule has 3 saturated carbocycles. The van der Waals surface area contributed by atoms with Gasteiger partial charge in [-0.1, -0.05) is 19.4 Å². The summed E-state index contributed by atoms with van der Waals surface area (Å²) in [4.78, 5) is 37.1. The maximum atomic E-state index is 12.9. The zero-order valence-electron chi connectivity index (χ0n) is 17.8. The van der Waals surface area contributed by atoms with Crippen LogP contribution in [0.5, 0.6) is 0 Å². The van der Waals surface area contributed by atoms with Gasteiger partial charge in [0.05, 0.1) is 13.0 Å². The molecule has 7 atom stereocenters. The zero-order chi connectivity index (χ0) is 20.6. The summed E-state index contributed by atoms with van der Waals surface area (Å²) in [5, 5.41) is 0. The molecule has 1 spiro atoms. The van der Waals surface area contributed by atoms with E-state index < -0.39 is 0 Å². The molecule has 0 aromatic heterocycles. The molecule has 0 aromatic carbocycles. The van der Waals surface area contributed by atoms with Crippen LogP contribution in [0.2, 0.25) is 0 Å². The third-order valence-corrected chi connectivity index (χ3v) is 9.85. The molecule has 5 rings (SSSR count). The fourth-order valence-electron chi connectivity index (χ4n) is 8.25. The molecule has 0 unspecified atom stereocenters. The van der Waals surface area contributed by atoms with Crippen LogP contribution in [-0.2, 0) is 23.9 Å². The first-order chi connectivity index (χ1) is 13.7. The van der Waals surface area contributed by atoms with Crippen molar-refractivity contribution in [3.63, 3.8) is 0 Å². The molecule has 5 heteroatoms. The van der Waals surface area contributed by atoms with Crippen molar-refractivity contribution in [3.05, 3.63) is 11.6 Å². The topological polar surface area (TPSA) is 69.7 Å². The van der Waals surface area contributed by atoms with Gasteiger partial charge >= 0.3 is 11.9 Å². The van der Waals surface area contributed by atoms with Crippen LogP contribution in [-0.4, -0.2) is 30.4 Å². The molecule has 0 amide bonds. The Morgan fingerprint density at radius 1 is 1.07 bits per heavy atom. The molecule has 5 nitrogen and oxygen atoms in total. The highest BCUT2D eigenvalue weighted by Gasteiger charge is 2.69. The van der Waals surface area contributed by atoms with Gasteiger partial charge in [-0.05, 0) is 74.2 Å². The molecule has 1 saturated heterocycles. The van der Waals surface area contributed by atoms with Crippen molar-refractivity contribution in [2.24, 2.45) is 34.5 Å².